The van der Waals surface area contributed by atoms with Gasteiger partial charge in [-0.25, -0.2) is 0 Å². The van der Waals surface area contributed by atoms with E-state index in [0.717, 1.165) is 83.5 Å². The van der Waals surface area contributed by atoms with E-state index in [1.807, 2.05) is 0 Å². The summed E-state index contributed by atoms with van der Waals surface area (Å²) in [6.45, 7) is 6.67. The molecule has 432 valence electrons. The van der Waals surface area contributed by atoms with Gasteiger partial charge in [-0.3, -0.25) is 14.4 Å². The Bertz CT molecular complexity index is 1280. The van der Waals surface area contributed by atoms with E-state index < -0.39 is 6.10 Å². The molecule has 6 heteroatoms. The molecule has 0 aromatic rings. The van der Waals surface area contributed by atoms with Crippen molar-refractivity contribution in [2.75, 3.05) is 13.2 Å². The van der Waals surface area contributed by atoms with Gasteiger partial charge in [0.25, 0.3) is 0 Å². The fourth-order valence-corrected chi connectivity index (χ4v) is 9.62. The summed E-state index contributed by atoms with van der Waals surface area (Å²) < 4.78 is 16.9. The Morgan fingerprint density at radius 2 is 0.486 bits per heavy atom. The average Bonchev–Trinajstić information content (AvgIpc) is 3.40. The molecule has 1 atom stereocenters. The molecule has 1 unspecified atom stereocenters. The second kappa shape index (κ2) is 62.9. The van der Waals surface area contributed by atoms with Crippen LogP contribution in [0, 0.1) is 0 Å². The smallest absolute Gasteiger partial charge is 0.306 e. The Balaban J connectivity index is 4.37. The van der Waals surface area contributed by atoms with E-state index >= 15 is 0 Å². The monoisotopic (exact) mass is 1040 g/mol. The molecule has 0 spiro atoms. The zero-order valence-corrected chi connectivity index (χ0v) is 49.6. The zero-order chi connectivity index (χ0) is 53.6. The molecule has 0 aromatic heterocycles. The van der Waals surface area contributed by atoms with Crippen molar-refractivity contribution in [1.82, 2.24) is 0 Å². The van der Waals surface area contributed by atoms with Gasteiger partial charge in [-0.05, 0) is 83.5 Å². The number of ether oxygens (including phenoxy) is 3. The third kappa shape index (κ3) is 60.2. The van der Waals surface area contributed by atoms with Crippen LogP contribution in [0.4, 0.5) is 0 Å². The van der Waals surface area contributed by atoms with Crippen LogP contribution >= 0.6 is 0 Å². The second-order valence-corrected chi connectivity index (χ2v) is 22.0. The Labute approximate surface area is 460 Å². The van der Waals surface area contributed by atoms with Crippen molar-refractivity contribution in [3.8, 4) is 0 Å². The molecule has 0 fully saturated rings. The summed E-state index contributed by atoms with van der Waals surface area (Å²) in [5, 5.41) is 0. The van der Waals surface area contributed by atoms with Gasteiger partial charge in [0, 0.05) is 19.3 Å². The van der Waals surface area contributed by atoms with E-state index in [1.54, 1.807) is 0 Å². The van der Waals surface area contributed by atoms with Crippen molar-refractivity contribution in [3.05, 3.63) is 48.6 Å². The lowest BCUT2D eigenvalue weighted by Crippen LogP contribution is -2.30. The molecule has 0 radical (unpaired) electrons. The van der Waals surface area contributed by atoms with Crippen molar-refractivity contribution in [2.45, 2.75) is 354 Å². The largest absolute Gasteiger partial charge is 0.462 e. The molecule has 0 N–H and O–H groups in total. The summed E-state index contributed by atoms with van der Waals surface area (Å²) >= 11 is 0. The molecule has 0 rings (SSSR count). The van der Waals surface area contributed by atoms with E-state index in [1.165, 1.54) is 225 Å². The highest BCUT2D eigenvalue weighted by Crippen LogP contribution is 2.17. The first-order chi connectivity index (χ1) is 36.5. The summed E-state index contributed by atoms with van der Waals surface area (Å²) in [6.07, 6.45) is 78.3. The van der Waals surface area contributed by atoms with Crippen molar-refractivity contribution in [1.29, 1.82) is 0 Å². The number of carbonyl (C=O) groups is 3. The minimum atomic E-state index is -0.781. The summed E-state index contributed by atoms with van der Waals surface area (Å²) in [5.74, 6) is -0.876. The van der Waals surface area contributed by atoms with Gasteiger partial charge in [0.2, 0.25) is 0 Å². The number of unbranched alkanes of at least 4 members (excludes halogenated alkanes) is 41. The van der Waals surface area contributed by atoms with Gasteiger partial charge in [-0.1, -0.05) is 294 Å². The van der Waals surface area contributed by atoms with E-state index in [-0.39, 0.29) is 31.1 Å². The van der Waals surface area contributed by atoms with Crippen LogP contribution in [0.5, 0.6) is 0 Å². The molecule has 0 aliphatic rings. The predicted molar refractivity (Wildman–Crippen MR) is 321 cm³/mol. The molecular formula is C68H124O6. The molecule has 0 aliphatic carbocycles. The minimum Gasteiger partial charge on any atom is -0.462 e. The van der Waals surface area contributed by atoms with E-state index in [0.29, 0.717) is 19.3 Å². The van der Waals surface area contributed by atoms with Crippen molar-refractivity contribution in [2.24, 2.45) is 0 Å². The van der Waals surface area contributed by atoms with E-state index in [4.69, 9.17) is 14.2 Å². The first-order valence-corrected chi connectivity index (χ1v) is 32.6. The van der Waals surface area contributed by atoms with Crippen molar-refractivity contribution >= 4 is 17.9 Å². The average molecular weight is 1040 g/mol. The van der Waals surface area contributed by atoms with Gasteiger partial charge < -0.3 is 14.2 Å². The number of allylic oxidation sites excluding steroid dienone is 8. The summed E-state index contributed by atoms with van der Waals surface area (Å²) in [4.78, 5) is 38.3. The topological polar surface area (TPSA) is 78.9 Å². The van der Waals surface area contributed by atoms with Crippen LogP contribution in [0.1, 0.15) is 348 Å². The Hall–Kier alpha value is -2.63. The maximum absolute atomic E-state index is 12.9. The highest BCUT2D eigenvalue weighted by Gasteiger charge is 2.19. The van der Waals surface area contributed by atoms with Crippen LogP contribution in [-0.2, 0) is 28.6 Å². The molecule has 6 nitrogen and oxygen atoms in total. The van der Waals surface area contributed by atoms with Gasteiger partial charge in [0.15, 0.2) is 6.10 Å². The van der Waals surface area contributed by atoms with Crippen molar-refractivity contribution < 1.29 is 28.6 Å². The maximum Gasteiger partial charge on any atom is 0.306 e. The minimum absolute atomic E-state index is 0.0783. The second-order valence-electron chi connectivity index (χ2n) is 22.0. The molecule has 0 saturated carbocycles. The molecule has 0 heterocycles. The Kier molecular flexibility index (Phi) is 60.7. The zero-order valence-electron chi connectivity index (χ0n) is 49.6. The van der Waals surface area contributed by atoms with Crippen LogP contribution in [0.2, 0.25) is 0 Å². The lowest BCUT2D eigenvalue weighted by molar-refractivity contribution is -0.167. The lowest BCUT2D eigenvalue weighted by Gasteiger charge is -2.18. The predicted octanol–water partition coefficient (Wildman–Crippen LogP) is 22.2. The Morgan fingerprint density at radius 1 is 0.270 bits per heavy atom. The molecular weight excluding hydrogens is 913 g/mol. The summed E-state index contributed by atoms with van der Waals surface area (Å²) in [7, 11) is 0. The molecule has 0 bridgehead atoms. The summed E-state index contributed by atoms with van der Waals surface area (Å²) in [5.41, 5.74) is 0. The number of esters is 3. The molecule has 0 aromatic carbocycles. The highest BCUT2D eigenvalue weighted by molar-refractivity contribution is 5.71. The Morgan fingerprint density at radius 3 is 0.770 bits per heavy atom. The number of hydrogen-bond acceptors (Lipinski definition) is 6. The van der Waals surface area contributed by atoms with Crippen molar-refractivity contribution in [3.63, 3.8) is 0 Å². The highest BCUT2D eigenvalue weighted by atomic mass is 16.6. The SMILES string of the molecule is CCCCCCC/C=C\C/C=C\C/C=C\CCCCCCCCC(=O)OCC(COC(=O)CCCCCCC/C=C\CCCCCCCCC)OC(=O)CCCCCCCCCCCCCCCCCCCCC. The maximum atomic E-state index is 12.9. The van der Waals surface area contributed by atoms with E-state index in [2.05, 4.69) is 69.4 Å². The number of carbonyl (C=O) groups excluding carboxylic acids is 3. The van der Waals surface area contributed by atoms with Crippen LogP contribution < -0.4 is 0 Å². The fraction of sp³-hybridized carbons (Fsp3) is 0.838. The molecule has 0 saturated heterocycles. The molecule has 74 heavy (non-hydrogen) atoms. The molecule has 0 aliphatic heterocycles. The van der Waals surface area contributed by atoms with Crippen LogP contribution in [0.3, 0.4) is 0 Å². The number of hydrogen-bond donors (Lipinski definition) is 0. The van der Waals surface area contributed by atoms with Crippen LogP contribution in [-0.4, -0.2) is 37.2 Å². The van der Waals surface area contributed by atoms with Gasteiger partial charge in [-0.15, -0.1) is 0 Å². The fourth-order valence-electron chi connectivity index (χ4n) is 9.62. The lowest BCUT2D eigenvalue weighted by atomic mass is 10.0. The van der Waals surface area contributed by atoms with Gasteiger partial charge in [-0.2, -0.15) is 0 Å². The van der Waals surface area contributed by atoms with Crippen LogP contribution in [0.15, 0.2) is 48.6 Å². The van der Waals surface area contributed by atoms with Crippen LogP contribution in [0.25, 0.3) is 0 Å². The van der Waals surface area contributed by atoms with E-state index in [9.17, 15) is 14.4 Å². The van der Waals surface area contributed by atoms with Gasteiger partial charge in [0.05, 0.1) is 0 Å². The third-order valence-electron chi connectivity index (χ3n) is 14.6. The van der Waals surface area contributed by atoms with Gasteiger partial charge >= 0.3 is 17.9 Å². The standard InChI is InChI=1S/C68H124O6/c1-4-7-10-13-16-19-22-25-28-31-33-34-36-37-40-43-46-49-52-55-58-61-67(70)73-64-65(63-72-66(69)60-57-54-51-48-45-42-39-30-27-24-21-18-15-12-9-6-3)74-68(71)62-59-56-53-50-47-44-41-38-35-32-29-26-23-20-17-14-11-8-5-2/h22,25,30-31,33,36-37,39,65H,4-21,23-24,26-29,32,34-35,38,40-64H2,1-3H3/b25-22-,33-31-,37-36-,39-30-. The summed E-state index contributed by atoms with van der Waals surface area (Å²) in [6, 6.07) is 0. The first kappa shape index (κ1) is 71.4. The number of rotatable bonds is 60. The normalized spacial score (nSPS) is 12.3. The first-order valence-electron chi connectivity index (χ1n) is 32.6. The molecule has 0 amide bonds. The third-order valence-corrected chi connectivity index (χ3v) is 14.6. The van der Waals surface area contributed by atoms with Gasteiger partial charge in [0.1, 0.15) is 13.2 Å². The quantitative estimate of drug-likeness (QED) is 0.0261.